The SMILES string of the molecule is Cc1nc(N)[nH]c(=O)c1NCCCc1ccccc1. The zero-order valence-electron chi connectivity index (χ0n) is 10.9. The Hall–Kier alpha value is -2.30. The molecule has 0 aliphatic rings. The van der Waals surface area contributed by atoms with Crippen molar-refractivity contribution in [3.8, 4) is 0 Å². The topological polar surface area (TPSA) is 83.8 Å². The molecule has 0 bridgehead atoms. The van der Waals surface area contributed by atoms with Gasteiger partial charge in [0.25, 0.3) is 5.56 Å². The van der Waals surface area contributed by atoms with Crippen LogP contribution in [0, 0.1) is 6.92 Å². The van der Waals surface area contributed by atoms with E-state index >= 15 is 0 Å². The minimum Gasteiger partial charge on any atom is -0.379 e. The molecule has 0 unspecified atom stereocenters. The van der Waals surface area contributed by atoms with E-state index in [0.29, 0.717) is 11.4 Å². The standard InChI is InChI=1S/C14H18N4O/c1-10-12(13(19)18-14(15)17-10)16-9-5-8-11-6-3-2-4-7-11/h2-4,6-7,16H,5,8-9H2,1H3,(H3,15,17,18,19). The third-order valence-corrected chi connectivity index (χ3v) is 2.91. The molecular weight excluding hydrogens is 240 g/mol. The fourth-order valence-corrected chi connectivity index (χ4v) is 1.97. The lowest BCUT2D eigenvalue weighted by Crippen LogP contribution is -2.19. The number of aryl methyl sites for hydroxylation is 2. The van der Waals surface area contributed by atoms with E-state index < -0.39 is 0 Å². The van der Waals surface area contributed by atoms with Gasteiger partial charge in [-0.1, -0.05) is 30.3 Å². The van der Waals surface area contributed by atoms with E-state index in [-0.39, 0.29) is 11.5 Å². The Morgan fingerprint density at radius 3 is 2.74 bits per heavy atom. The number of hydrogen-bond acceptors (Lipinski definition) is 4. The summed E-state index contributed by atoms with van der Waals surface area (Å²) < 4.78 is 0. The molecular formula is C14H18N4O. The predicted molar refractivity (Wildman–Crippen MR) is 77.3 cm³/mol. The first-order valence-corrected chi connectivity index (χ1v) is 6.31. The zero-order valence-corrected chi connectivity index (χ0v) is 10.9. The van der Waals surface area contributed by atoms with Crippen molar-refractivity contribution >= 4 is 11.6 Å². The van der Waals surface area contributed by atoms with Crippen LogP contribution in [-0.4, -0.2) is 16.5 Å². The second-order valence-corrected chi connectivity index (χ2v) is 4.43. The van der Waals surface area contributed by atoms with Crippen LogP contribution in [0.25, 0.3) is 0 Å². The quantitative estimate of drug-likeness (QED) is 0.713. The lowest BCUT2D eigenvalue weighted by atomic mass is 10.1. The second-order valence-electron chi connectivity index (χ2n) is 4.43. The van der Waals surface area contributed by atoms with Crippen molar-refractivity contribution in [2.75, 3.05) is 17.6 Å². The molecule has 1 aromatic heterocycles. The van der Waals surface area contributed by atoms with Crippen molar-refractivity contribution in [3.05, 3.63) is 51.9 Å². The monoisotopic (exact) mass is 258 g/mol. The summed E-state index contributed by atoms with van der Waals surface area (Å²) in [7, 11) is 0. The number of nitrogens with two attached hydrogens (primary N) is 1. The number of aromatic nitrogens is 2. The molecule has 5 nitrogen and oxygen atoms in total. The van der Waals surface area contributed by atoms with Crippen molar-refractivity contribution in [1.82, 2.24) is 9.97 Å². The molecule has 0 radical (unpaired) electrons. The highest BCUT2D eigenvalue weighted by Crippen LogP contribution is 2.07. The number of nitrogens with one attached hydrogen (secondary N) is 2. The number of nitrogens with zero attached hydrogens (tertiary/aromatic N) is 1. The Morgan fingerprint density at radius 1 is 1.32 bits per heavy atom. The smallest absolute Gasteiger partial charge is 0.275 e. The van der Waals surface area contributed by atoms with Crippen LogP contribution in [-0.2, 0) is 6.42 Å². The maximum atomic E-state index is 11.7. The molecule has 0 atom stereocenters. The highest BCUT2D eigenvalue weighted by molar-refractivity contribution is 5.47. The number of H-pyrrole nitrogens is 1. The molecule has 1 heterocycles. The number of aromatic amines is 1. The van der Waals surface area contributed by atoms with Gasteiger partial charge in [0, 0.05) is 6.54 Å². The van der Waals surface area contributed by atoms with Gasteiger partial charge in [0.05, 0.1) is 5.69 Å². The number of hydrogen-bond donors (Lipinski definition) is 3. The van der Waals surface area contributed by atoms with Crippen molar-refractivity contribution in [3.63, 3.8) is 0 Å². The van der Waals surface area contributed by atoms with Crippen LogP contribution < -0.4 is 16.6 Å². The van der Waals surface area contributed by atoms with Gasteiger partial charge in [-0.15, -0.1) is 0 Å². The Morgan fingerprint density at radius 2 is 2.05 bits per heavy atom. The fourth-order valence-electron chi connectivity index (χ4n) is 1.97. The van der Waals surface area contributed by atoms with Crippen LogP contribution in [0.15, 0.2) is 35.1 Å². The van der Waals surface area contributed by atoms with Gasteiger partial charge in [0.2, 0.25) is 5.95 Å². The van der Waals surface area contributed by atoms with Crippen LogP contribution in [0.2, 0.25) is 0 Å². The maximum Gasteiger partial charge on any atom is 0.275 e. The maximum absolute atomic E-state index is 11.7. The molecule has 2 rings (SSSR count). The Labute approximate surface area is 111 Å². The largest absolute Gasteiger partial charge is 0.379 e. The molecule has 2 aromatic rings. The molecule has 0 spiro atoms. The summed E-state index contributed by atoms with van der Waals surface area (Å²) in [5.41, 5.74) is 7.67. The van der Waals surface area contributed by atoms with Crippen LogP contribution >= 0.6 is 0 Å². The lowest BCUT2D eigenvalue weighted by Gasteiger charge is -2.08. The summed E-state index contributed by atoms with van der Waals surface area (Å²) >= 11 is 0. The normalized spacial score (nSPS) is 10.4. The summed E-state index contributed by atoms with van der Waals surface area (Å²) in [5, 5.41) is 3.12. The molecule has 0 saturated carbocycles. The van der Waals surface area contributed by atoms with Crippen molar-refractivity contribution < 1.29 is 0 Å². The molecule has 100 valence electrons. The number of benzene rings is 1. The van der Waals surface area contributed by atoms with E-state index in [9.17, 15) is 4.79 Å². The van der Waals surface area contributed by atoms with Gasteiger partial charge < -0.3 is 11.1 Å². The first-order chi connectivity index (χ1) is 9.16. The van der Waals surface area contributed by atoms with Crippen LogP contribution in [0.4, 0.5) is 11.6 Å². The molecule has 0 aliphatic heterocycles. The number of rotatable bonds is 5. The van der Waals surface area contributed by atoms with Gasteiger partial charge in [-0.25, -0.2) is 4.98 Å². The second kappa shape index (κ2) is 6.04. The van der Waals surface area contributed by atoms with Crippen molar-refractivity contribution in [2.45, 2.75) is 19.8 Å². The van der Waals surface area contributed by atoms with Crippen LogP contribution in [0.3, 0.4) is 0 Å². The summed E-state index contributed by atoms with van der Waals surface area (Å²) in [4.78, 5) is 18.2. The summed E-state index contributed by atoms with van der Waals surface area (Å²) in [6.45, 7) is 2.50. The summed E-state index contributed by atoms with van der Waals surface area (Å²) in [6.07, 6.45) is 1.93. The predicted octanol–water partition coefficient (Wildman–Crippen LogP) is 1.71. The van der Waals surface area contributed by atoms with Gasteiger partial charge in [0.1, 0.15) is 5.69 Å². The van der Waals surface area contributed by atoms with Crippen LogP contribution in [0.1, 0.15) is 17.7 Å². The molecule has 5 heteroatoms. The van der Waals surface area contributed by atoms with E-state index in [0.717, 1.165) is 19.4 Å². The van der Waals surface area contributed by atoms with E-state index in [1.165, 1.54) is 5.56 Å². The highest BCUT2D eigenvalue weighted by Gasteiger charge is 2.05. The Kier molecular flexibility index (Phi) is 4.18. The van der Waals surface area contributed by atoms with Gasteiger partial charge in [-0.2, -0.15) is 0 Å². The van der Waals surface area contributed by atoms with E-state index in [2.05, 4.69) is 27.4 Å². The molecule has 1 aromatic carbocycles. The Bertz CT molecular complexity index is 592. The third-order valence-electron chi connectivity index (χ3n) is 2.91. The average Bonchev–Trinajstić information content (AvgIpc) is 2.38. The molecule has 19 heavy (non-hydrogen) atoms. The van der Waals surface area contributed by atoms with Crippen molar-refractivity contribution in [2.24, 2.45) is 0 Å². The lowest BCUT2D eigenvalue weighted by molar-refractivity contribution is 0.858. The molecule has 0 fully saturated rings. The van der Waals surface area contributed by atoms with E-state index in [1.54, 1.807) is 6.92 Å². The van der Waals surface area contributed by atoms with E-state index in [1.807, 2.05) is 18.2 Å². The molecule has 4 N–H and O–H groups in total. The van der Waals surface area contributed by atoms with Gasteiger partial charge >= 0.3 is 0 Å². The first-order valence-electron chi connectivity index (χ1n) is 6.31. The fraction of sp³-hybridized carbons (Fsp3) is 0.286. The average molecular weight is 258 g/mol. The van der Waals surface area contributed by atoms with E-state index in [4.69, 9.17) is 5.73 Å². The minimum absolute atomic E-state index is 0.150. The molecule has 0 amide bonds. The highest BCUT2D eigenvalue weighted by atomic mass is 16.1. The summed E-state index contributed by atoms with van der Waals surface area (Å²) in [5.74, 6) is 0.150. The zero-order chi connectivity index (χ0) is 13.7. The molecule has 0 aliphatic carbocycles. The molecule has 0 saturated heterocycles. The number of nitrogen functional groups attached to an aromatic ring is 1. The number of anilines is 2. The van der Waals surface area contributed by atoms with Gasteiger partial charge in [-0.05, 0) is 25.3 Å². The van der Waals surface area contributed by atoms with Gasteiger partial charge in [0.15, 0.2) is 0 Å². The van der Waals surface area contributed by atoms with Crippen molar-refractivity contribution in [1.29, 1.82) is 0 Å². The van der Waals surface area contributed by atoms with Gasteiger partial charge in [-0.3, -0.25) is 9.78 Å². The third kappa shape index (κ3) is 3.58. The Balaban J connectivity index is 1.88. The minimum atomic E-state index is -0.218. The summed E-state index contributed by atoms with van der Waals surface area (Å²) in [6, 6.07) is 10.3. The first kappa shape index (κ1) is 13.1. The van der Waals surface area contributed by atoms with Crippen LogP contribution in [0.5, 0.6) is 0 Å².